The van der Waals surface area contributed by atoms with Crippen molar-refractivity contribution >= 4 is 42.2 Å². The second kappa shape index (κ2) is 14.2. The first-order valence-corrected chi connectivity index (χ1v) is 11.3. The molecule has 1 aromatic heterocycles. The van der Waals surface area contributed by atoms with Crippen molar-refractivity contribution in [2.45, 2.75) is 63.7 Å². The van der Waals surface area contributed by atoms with Gasteiger partial charge in [-0.1, -0.05) is 13.8 Å². The lowest BCUT2D eigenvalue weighted by molar-refractivity contribution is -0.142. The van der Waals surface area contributed by atoms with E-state index in [1.165, 1.54) is 12.5 Å². The number of nitrogens with zero attached hydrogens (tertiary/aromatic N) is 1. The van der Waals surface area contributed by atoms with E-state index in [0.29, 0.717) is 5.69 Å². The molecule has 0 aliphatic carbocycles. The first-order valence-electron chi connectivity index (χ1n) is 10.7. The van der Waals surface area contributed by atoms with E-state index >= 15 is 0 Å². The summed E-state index contributed by atoms with van der Waals surface area (Å²) in [6, 6.07) is -4.51. The quantitative estimate of drug-likeness (QED) is 0.126. The molecule has 4 atom stereocenters. The van der Waals surface area contributed by atoms with Crippen molar-refractivity contribution in [1.29, 1.82) is 0 Å². The van der Waals surface area contributed by atoms with Crippen LogP contribution in [0.2, 0.25) is 0 Å². The average Bonchev–Trinajstić information content (AvgIpc) is 3.27. The van der Waals surface area contributed by atoms with Gasteiger partial charge in [0.25, 0.3) is 0 Å². The minimum absolute atomic E-state index is 0.00608. The summed E-state index contributed by atoms with van der Waals surface area (Å²) in [6.45, 7) is 3.63. The topological polar surface area (TPSA) is 222 Å². The van der Waals surface area contributed by atoms with Gasteiger partial charge in [-0.2, -0.15) is 12.6 Å². The van der Waals surface area contributed by atoms with Crippen molar-refractivity contribution < 1.29 is 29.1 Å². The van der Waals surface area contributed by atoms with E-state index in [9.17, 15) is 29.1 Å². The highest BCUT2D eigenvalue weighted by Gasteiger charge is 2.30. The lowest BCUT2D eigenvalue weighted by Crippen LogP contribution is -2.58. The number of carboxylic acid groups (broad SMARTS) is 1. The van der Waals surface area contributed by atoms with Gasteiger partial charge >= 0.3 is 5.97 Å². The number of carbonyl (C=O) groups is 5. The van der Waals surface area contributed by atoms with Gasteiger partial charge in [0.15, 0.2) is 0 Å². The van der Waals surface area contributed by atoms with Gasteiger partial charge in [0.1, 0.15) is 18.1 Å². The molecule has 13 nitrogen and oxygen atoms in total. The fourth-order valence-electron chi connectivity index (χ4n) is 2.96. The van der Waals surface area contributed by atoms with Crippen LogP contribution < -0.4 is 27.4 Å². The summed E-state index contributed by atoms with van der Waals surface area (Å²) in [7, 11) is 0. The third-order valence-electron chi connectivity index (χ3n) is 4.79. The molecular weight excluding hydrogens is 466 g/mol. The number of aliphatic carboxylic acids is 1. The maximum Gasteiger partial charge on any atom is 0.326 e. The molecule has 0 aromatic carbocycles. The molecule has 0 bridgehead atoms. The van der Waals surface area contributed by atoms with Crippen LogP contribution in [0.15, 0.2) is 12.5 Å². The first-order chi connectivity index (χ1) is 15.9. The van der Waals surface area contributed by atoms with E-state index in [4.69, 9.17) is 11.5 Å². The number of hydrogen-bond donors (Lipinski definition) is 8. The maximum atomic E-state index is 13.0. The van der Waals surface area contributed by atoms with Gasteiger partial charge in [-0.3, -0.25) is 19.2 Å². The third-order valence-corrected chi connectivity index (χ3v) is 5.15. The molecule has 0 saturated carbocycles. The number of primary amides is 1. The number of aromatic nitrogens is 2. The van der Waals surface area contributed by atoms with E-state index in [1.54, 1.807) is 0 Å². The largest absolute Gasteiger partial charge is 0.480 e. The molecule has 4 unspecified atom stereocenters. The lowest BCUT2D eigenvalue weighted by Gasteiger charge is -2.24. The summed E-state index contributed by atoms with van der Waals surface area (Å²) >= 11 is 4.09. The Bertz CT molecular complexity index is 848. The number of aromatic amines is 1. The Labute approximate surface area is 202 Å². The molecule has 1 heterocycles. The molecule has 0 saturated heterocycles. The lowest BCUT2D eigenvalue weighted by atomic mass is 10.0. The molecule has 0 radical (unpaired) electrons. The van der Waals surface area contributed by atoms with E-state index in [0.717, 1.165) is 0 Å². The van der Waals surface area contributed by atoms with E-state index in [2.05, 4.69) is 38.5 Å². The summed E-state index contributed by atoms with van der Waals surface area (Å²) in [4.78, 5) is 67.1. The van der Waals surface area contributed by atoms with Gasteiger partial charge in [0, 0.05) is 30.5 Å². The number of rotatable bonds is 15. The number of hydrogen-bond acceptors (Lipinski definition) is 8. The first kappa shape index (κ1) is 28.9. The standard InChI is InChI=1S/C20H33N7O6S/c1-10(2)5-14(20(32)33)26-19(31)15(8-34)27-18(30)13(6-11-7-23-9-24-11)25-17(29)12(21)3-4-16(22)28/h7,9-10,12-15,34H,3-6,8,21H2,1-2H3,(H2,22,28)(H,23,24)(H,25,29)(H,26,31)(H,27,30)(H,32,33). The van der Waals surface area contributed by atoms with E-state index in [-0.39, 0.29) is 37.4 Å². The van der Waals surface area contributed by atoms with Crippen molar-refractivity contribution in [1.82, 2.24) is 25.9 Å². The van der Waals surface area contributed by atoms with Crippen molar-refractivity contribution in [2.24, 2.45) is 17.4 Å². The van der Waals surface area contributed by atoms with Crippen LogP contribution in [0.5, 0.6) is 0 Å². The molecule has 0 spiro atoms. The predicted molar refractivity (Wildman–Crippen MR) is 125 cm³/mol. The Morgan fingerprint density at radius 2 is 1.65 bits per heavy atom. The number of imidazole rings is 1. The smallest absolute Gasteiger partial charge is 0.326 e. The molecule has 0 aliphatic rings. The molecule has 190 valence electrons. The van der Waals surface area contributed by atoms with Crippen LogP contribution in [0.1, 0.15) is 38.8 Å². The normalized spacial score (nSPS) is 14.5. The van der Waals surface area contributed by atoms with E-state index < -0.39 is 53.8 Å². The van der Waals surface area contributed by atoms with Gasteiger partial charge in [0.05, 0.1) is 12.4 Å². The van der Waals surface area contributed by atoms with Crippen molar-refractivity contribution in [3.63, 3.8) is 0 Å². The molecule has 34 heavy (non-hydrogen) atoms. The Hall–Kier alpha value is -3.13. The molecule has 9 N–H and O–H groups in total. The van der Waals surface area contributed by atoms with Crippen LogP contribution in [0.3, 0.4) is 0 Å². The van der Waals surface area contributed by atoms with Gasteiger partial charge in [0.2, 0.25) is 23.6 Å². The highest BCUT2D eigenvalue weighted by atomic mass is 32.1. The number of H-pyrrole nitrogens is 1. The van der Waals surface area contributed by atoms with Gasteiger partial charge in [-0.15, -0.1) is 0 Å². The summed E-state index contributed by atoms with van der Waals surface area (Å²) in [5.74, 6) is -4.03. The summed E-state index contributed by atoms with van der Waals surface area (Å²) in [6.07, 6.45) is 2.96. The predicted octanol–water partition coefficient (Wildman–Crippen LogP) is -1.94. The fourth-order valence-corrected chi connectivity index (χ4v) is 3.22. The average molecular weight is 500 g/mol. The summed E-state index contributed by atoms with van der Waals surface area (Å²) < 4.78 is 0. The van der Waals surface area contributed by atoms with Crippen molar-refractivity contribution in [3.8, 4) is 0 Å². The number of amides is 4. The number of carbonyl (C=O) groups excluding carboxylic acids is 4. The number of carboxylic acids is 1. The SMILES string of the molecule is CC(C)CC(NC(=O)C(CS)NC(=O)C(Cc1cnc[nH]1)NC(=O)C(N)CCC(N)=O)C(=O)O. The second-order valence-electron chi connectivity index (χ2n) is 8.23. The summed E-state index contributed by atoms with van der Waals surface area (Å²) in [5, 5.41) is 16.7. The zero-order valence-corrected chi connectivity index (χ0v) is 20.0. The molecular formula is C20H33N7O6S. The van der Waals surface area contributed by atoms with Crippen LogP contribution >= 0.6 is 12.6 Å². The maximum absolute atomic E-state index is 13.0. The number of thiol groups is 1. The van der Waals surface area contributed by atoms with Gasteiger partial charge < -0.3 is 37.5 Å². The van der Waals surface area contributed by atoms with Gasteiger partial charge in [-0.05, 0) is 18.8 Å². The Morgan fingerprint density at radius 3 is 2.15 bits per heavy atom. The fraction of sp³-hybridized carbons (Fsp3) is 0.600. The second-order valence-corrected chi connectivity index (χ2v) is 8.59. The van der Waals surface area contributed by atoms with Crippen LogP contribution in [0, 0.1) is 5.92 Å². The Morgan fingerprint density at radius 1 is 1.06 bits per heavy atom. The van der Waals surface area contributed by atoms with E-state index in [1.807, 2.05) is 13.8 Å². The molecule has 0 fully saturated rings. The van der Waals surface area contributed by atoms with Crippen LogP contribution in [-0.4, -0.2) is 74.6 Å². The minimum atomic E-state index is -1.19. The molecule has 0 aliphatic heterocycles. The number of nitrogens with one attached hydrogen (secondary N) is 4. The highest BCUT2D eigenvalue weighted by molar-refractivity contribution is 7.80. The zero-order chi connectivity index (χ0) is 25.8. The molecule has 4 amide bonds. The highest BCUT2D eigenvalue weighted by Crippen LogP contribution is 2.06. The number of nitrogens with two attached hydrogens (primary N) is 2. The van der Waals surface area contributed by atoms with Crippen LogP contribution in [-0.2, 0) is 30.4 Å². The van der Waals surface area contributed by atoms with Gasteiger partial charge in [-0.25, -0.2) is 9.78 Å². The Balaban J connectivity index is 2.91. The zero-order valence-electron chi connectivity index (χ0n) is 19.1. The molecule has 1 aromatic rings. The van der Waals surface area contributed by atoms with Crippen LogP contribution in [0.25, 0.3) is 0 Å². The monoisotopic (exact) mass is 499 g/mol. The molecule has 14 heteroatoms. The third kappa shape index (κ3) is 10.2. The molecule has 1 rings (SSSR count). The van der Waals surface area contributed by atoms with Crippen LogP contribution in [0.4, 0.5) is 0 Å². The Kier molecular flexibility index (Phi) is 12.1. The minimum Gasteiger partial charge on any atom is -0.480 e. The van der Waals surface area contributed by atoms with Crippen molar-refractivity contribution in [3.05, 3.63) is 18.2 Å². The van der Waals surface area contributed by atoms with Crippen molar-refractivity contribution in [2.75, 3.05) is 5.75 Å². The summed E-state index contributed by atoms with van der Waals surface area (Å²) in [5.41, 5.74) is 11.4.